The highest BCUT2D eigenvalue weighted by atomic mass is 16.5. The Labute approximate surface area is 114 Å². The Morgan fingerprint density at radius 1 is 1.37 bits per heavy atom. The molecule has 1 fully saturated rings. The summed E-state index contributed by atoms with van der Waals surface area (Å²) in [6.45, 7) is 7.61. The Balaban J connectivity index is 2.20. The minimum absolute atomic E-state index is 0.000460. The monoisotopic (exact) mass is 271 g/mol. The zero-order chi connectivity index (χ0) is 14.4. The normalized spacial score (nSPS) is 20.8. The van der Waals surface area contributed by atoms with Gasteiger partial charge in [-0.05, 0) is 25.7 Å². The minimum atomic E-state index is -0.808. The van der Waals surface area contributed by atoms with Crippen molar-refractivity contribution in [1.29, 1.82) is 0 Å². The molecule has 2 atom stereocenters. The molecule has 1 aliphatic rings. The van der Waals surface area contributed by atoms with Crippen LogP contribution in [0.4, 0.5) is 0 Å². The lowest BCUT2D eigenvalue weighted by Crippen LogP contribution is -2.31. The number of ether oxygens (including phenoxy) is 1. The summed E-state index contributed by atoms with van der Waals surface area (Å²) in [4.78, 5) is 24.3. The summed E-state index contributed by atoms with van der Waals surface area (Å²) >= 11 is 0. The van der Waals surface area contributed by atoms with Crippen molar-refractivity contribution >= 4 is 11.9 Å². The summed E-state index contributed by atoms with van der Waals surface area (Å²) in [7, 11) is 0. The highest BCUT2D eigenvalue weighted by Crippen LogP contribution is 2.17. The first kappa shape index (κ1) is 16.0. The summed E-state index contributed by atoms with van der Waals surface area (Å²) in [5.74, 6) is -0.622. The van der Waals surface area contributed by atoms with Gasteiger partial charge in [-0.1, -0.05) is 13.8 Å². The van der Waals surface area contributed by atoms with Gasteiger partial charge in [0.25, 0.3) is 0 Å². The molecule has 0 aromatic rings. The molecule has 110 valence electrons. The highest BCUT2D eigenvalue weighted by molar-refractivity contribution is 5.78. The van der Waals surface area contributed by atoms with Crippen molar-refractivity contribution < 1.29 is 19.4 Å². The quantitative estimate of drug-likeness (QED) is 0.766. The molecule has 1 heterocycles. The predicted molar refractivity (Wildman–Crippen MR) is 71.8 cm³/mol. The Bertz CT molecular complexity index is 317. The van der Waals surface area contributed by atoms with Crippen LogP contribution < -0.4 is 0 Å². The molecule has 1 saturated heterocycles. The molecule has 0 aliphatic carbocycles. The average Bonchev–Trinajstić information content (AvgIpc) is 2.76. The van der Waals surface area contributed by atoms with E-state index in [1.807, 2.05) is 6.92 Å². The van der Waals surface area contributed by atoms with Gasteiger partial charge in [0.15, 0.2) is 0 Å². The molecule has 5 heteroatoms. The fourth-order valence-electron chi connectivity index (χ4n) is 2.43. The van der Waals surface area contributed by atoms with Gasteiger partial charge in [-0.25, -0.2) is 0 Å². The van der Waals surface area contributed by atoms with Crippen LogP contribution in [0.15, 0.2) is 0 Å². The van der Waals surface area contributed by atoms with E-state index >= 15 is 0 Å². The Morgan fingerprint density at radius 3 is 2.58 bits per heavy atom. The van der Waals surface area contributed by atoms with E-state index in [1.54, 1.807) is 4.90 Å². The number of hydrogen-bond acceptors (Lipinski definition) is 3. The van der Waals surface area contributed by atoms with Crippen LogP contribution in [-0.2, 0) is 14.3 Å². The van der Waals surface area contributed by atoms with E-state index in [0.717, 1.165) is 6.42 Å². The van der Waals surface area contributed by atoms with Gasteiger partial charge < -0.3 is 14.7 Å². The van der Waals surface area contributed by atoms with Crippen molar-refractivity contribution in [2.45, 2.75) is 46.1 Å². The van der Waals surface area contributed by atoms with E-state index in [1.165, 1.54) is 0 Å². The summed E-state index contributed by atoms with van der Waals surface area (Å²) in [6.07, 6.45) is 2.05. The number of rotatable bonds is 7. The number of aliphatic carboxylic acids is 1. The van der Waals surface area contributed by atoms with Crippen molar-refractivity contribution in [1.82, 2.24) is 4.90 Å². The highest BCUT2D eigenvalue weighted by Gasteiger charge is 2.30. The average molecular weight is 271 g/mol. The zero-order valence-corrected chi connectivity index (χ0v) is 12.1. The molecule has 1 N–H and O–H groups in total. The number of carbonyl (C=O) groups is 2. The molecule has 0 bridgehead atoms. The first-order valence-corrected chi connectivity index (χ1v) is 7.02. The number of likely N-dealkylation sites (tertiary alicyclic amines) is 1. The second-order valence-corrected chi connectivity index (χ2v) is 5.72. The Kier molecular flexibility index (Phi) is 6.28. The SMILES string of the molecule is CC(C)CC(C)OCCC(=O)N1CCC(C(=O)O)C1. The van der Waals surface area contributed by atoms with Crippen LogP contribution in [0.1, 0.15) is 40.0 Å². The van der Waals surface area contributed by atoms with Gasteiger partial charge in [0.1, 0.15) is 0 Å². The second kappa shape index (κ2) is 7.48. The maximum Gasteiger partial charge on any atom is 0.308 e. The van der Waals surface area contributed by atoms with Gasteiger partial charge >= 0.3 is 5.97 Å². The number of nitrogens with zero attached hydrogens (tertiary/aromatic N) is 1. The molecular formula is C14H25NO4. The smallest absolute Gasteiger partial charge is 0.308 e. The third-order valence-corrected chi connectivity index (χ3v) is 3.41. The topological polar surface area (TPSA) is 66.8 Å². The number of carboxylic acid groups (broad SMARTS) is 1. The molecular weight excluding hydrogens is 246 g/mol. The van der Waals surface area contributed by atoms with E-state index in [9.17, 15) is 9.59 Å². The van der Waals surface area contributed by atoms with Crippen molar-refractivity contribution in [2.75, 3.05) is 19.7 Å². The molecule has 2 unspecified atom stereocenters. The van der Waals surface area contributed by atoms with E-state index in [-0.39, 0.29) is 12.0 Å². The zero-order valence-electron chi connectivity index (χ0n) is 12.1. The first-order chi connectivity index (χ1) is 8.90. The van der Waals surface area contributed by atoms with E-state index in [4.69, 9.17) is 9.84 Å². The molecule has 19 heavy (non-hydrogen) atoms. The largest absolute Gasteiger partial charge is 0.481 e. The summed E-state index contributed by atoms with van der Waals surface area (Å²) in [5, 5.41) is 8.88. The van der Waals surface area contributed by atoms with Crippen LogP contribution in [0.5, 0.6) is 0 Å². The van der Waals surface area contributed by atoms with Gasteiger partial charge in [-0.2, -0.15) is 0 Å². The first-order valence-electron chi connectivity index (χ1n) is 7.02. The molecule has 1 aliphatic heterocycles. The van der Waals surface area contributed by atoms with E-state index in [2.05, 4.69) is 13.8 Å². The number of amides is 1. The van der Waals surface area contributed by atoms with Gasteiger partial charge in [-0.3, -0.25) is 9.59 Å². The molecule has 1 amide bonds. The fourth-order valence-corrected chi connectivity index (χ4v) is 2.43. The van der Waals surface area contributed by atoms with Crippen LogP contribution in [0.2, 0.25) is 0 Å². The van der Waals surface area contributed by atoms with Crippen molar-refractivity contribution in [3.05, 3.63) is 0 Å². The van der Waals surface area contributed by atoms with Crippen LogP contribution >= 0.6 is 0 Å². The molecule has 0 spiro atoms. The maximum absolute atomic E-state index is 11.9. The van der Waals surface area contributed by atoms with Crippen LogP contribution in [0, 0.1) is 11.8 Å². The Hall–Kier alpha value is -1.10. The predicted octanol–water partition coefficient (Wildman–Crippen LogP) is 1.76. The molecule has 0 aromatic carbocycles. The molecule has 0 saturated carbocycles. The summed E-state index contributed by atoms with van der Waals surface area (Å²) in [6, 6.07) is 0. The minimum Gasteiger partial charge on any atom is -0.481 e. The Morgan fingerprint density at radius 2 is 2.05 bits per heavy atom. The maximum atomic E-state index is 11.9. The summed E-state index contributed by atoms with van der Waals surface area (Å²) in [5.41, 5.74) is 0. The molecule has 5 nitrogen and oxygen atoms in total. The van der Waals surface area contributed by atoms with Crippen LogP contribution in [0.3, 0.4) is 0 Å². The molecule has 1 rings (SSSR count). The van der Waals surface area contributed by atoms with Crippen molar-refractivity contribution in [3.8, 4) is 0 Å². The number of hydrogen-bond donors (Lipinski definition) is 1. The van der Waals surface area contributed by atoms with Crippen LogP contribution in [0.25, 0.3) is 0 Å². The van der Waals surface area contributed by atoms with Crippen molar-refractivity contribution in [2.24, 2.45) is 11.8 Å². The fraction of sp³-hybridized carbons (Fsp3) is 0.857. The van der Waals surface area contributed by atoms with Gasteiger partial charge in [0.05, 0.1) is 25.0 Å². The number of carbonyl (C=O) groups excluding carboxylic acids is 1. The lowest BCUT2D eigenvalue weighted by Gasteiger charge is -2.18. The second-order valence-electron chi connectivity index (χ2n) is 5.72. The molecule has 0 aromatic heterocycles. The third kappa shape index (κ3) is 5.59. The molecule has 0 radical (unpaired) electrons. The van der Waals surface area contributed by atoms with Gasteiger partial charge in [0.2, 0.25) is 5.91 Å². The van der Waals surface area contributed by atoms with E-state index in [0.29, 0.717) is 38.5 Å². The number of carboxylic acids is 1. The lowest BCUT2D eigenvalue weighted by atomic mass is 10.1. The standard InChI is InChI=1S/C14H25NO4/c1-10(2)8-11(3)19-7-5-13(16)15-6-4-12(9-15)14(17)18/h10-12H,4-9H2,1-3H3,(H,17,18). The van der Waals surface area contributed by atoms with Crippen molar-refractivity contribution in [3.63, 3.8) is 0 Å². The van der Waals surface area contributed by atoms with Gasteiger partial charge in [-0.15, -0.1) is 0 Å². The summed E-state index contributed by atoms with van der Waals surface area (Å²) < 4.78 is 5.59. The van der Waals surface area contributed by atoms with E-state index < -0.39 is 11.9 Å². The lowest BCUT2D eigenvalue weighted by molar-refractivity contribution is -0.141. The van der Waals surface area contributed by atoms with Gasteiger partial charge in [0, 0.05) is 13.1 Å². The third-order valence-electron chi connectivity index (χ3n) is 3.41. The van der Waals surface area contributed by atoms with Crippen LogP contribution in [-0.4, -0.2) is 47.7 Å².